The normalized spacial score (nSPS) is 10.1. The summed E-state index contributed by atoms with van der Waals surface area (Å²) in [5, 5.41) is 5.54. The van der Waals surface area contributed by atoms with Crippen LogP contribution in [0.3, 0.4) is 0 Å². The van der Waals surface area contributed by atoms with Crippen LogP contribution in [0.25, 0.3) is 0 Å². The Morgan fingerprint density at radius 1 is 1.09 bits per heavy atom. The van der Waals surface area contributed by atoms with Crippen molar-refractivity contribution in [2.24, 2.45) is 0 Å². The van der Waals surface area contributed by atoms with Crippen molar-refractivity contribution in [3.63, 3.8) is 0 Å². The molecule has 0 aromatic heterocycles. The summed E-state index contributed by atoms with van der Waals surface area (Å²) in [4.78, 5) is 23.1. The zero-order valence-electron chi connectivity index (χ0n) is 13.7. The Hall–Kier alpha value is -2.04. The van der Waals surface area contributed by atoms with Gasteiger partial charge in [-0.1, -0.05) is 32.6 Å². The summed E-state index contributed by atoms with van der Waals surface area (Å²) in [6.45, 7) is 3.61. The van der Waals surface area contributed by atoms with Gasteiger partial charge in [0.15, 0.2) is 0 Å². The summed E-state index contributed by atoms with van der Waals surface area (Å²) in [6.07, 6.45) is 6.04. The van der Waals surface area contributed by atoms with E-state index in [1.54, 1.807) is 25.3 Å². The highest BCUT2D eigenvalue weighted by molar-refractivity contribution is 5.94. The van der Waals surface area contributed by atoms with E-state index in [0.29, 0.717) is 23.5 Å². The van der Waals surface area contributed by atoms with Crippen LogP contribution in [0.5, 0.6) is 5.75 Å². The number of nitrogens with one attached hydrogen (secondary N) is 2. The van der Waals surface area contributed by atoms with Gasteiger partial charge in [-0.3, -0.25) is 9.59 Å². The van der Waals surface area contributed by atoms with Gasteiger partial charge >= 0.3 is 0 Å². The van der Waals surface area contributed by atoms with Gasteiger partial charge in [-0.05, 0) is 24.6 Å². The fourth-order valence-corrected chi connectivity index (χ4v) is 2.19. The number of unbranched alkanes of at least 4 members (excludes halogenated alkanes) is 4. The Balaban J connectivity index is 2.58. The number of amides is 2. The van der Waals surface area contributed by atoms with Gasteiger partial charge in [0.25, 0.3) is 0 Å². The van der Waals surface area contributed by atoms with E-state index in [1.807, 2.05) is 0 Å². The Morgan fingerprint density at radius 3 is 2.45 bits per heavy atom. The molecule has 1 rings (SSSR count). The maximum absolute atomic E-state index is 12.0. The molecule has 0 atom stereocenters. The molecule has 122 valence electrons. The lowest BCUT2D eigenvalue weighted by Crippen LogP contribution is -2.13. The molecule has 0 fully saturated rings. The standard InChI is InChI=1S/C17H26N2O3/c1-4-5-6-7-8-9-17(21)19-15-12-14(18-13(2)20)10-11-16(15)22-3/h10-12H,4-9H2,1-3H3,(H,18,20)(H,19,21). The molecule has 0 aliphatic carbocycles. The summed E-state index contributed by atoms with van der Waals surface area (Å²) in [5.41, 5.74) is 1.21. The maximum atomic E-state index is 12.0. The van der Waals surface area contributed by atoms with Crippen molar-refractivity contribution in [3.8, 4) is 5.75 Å². The van der Waals surface area contributed by atoms with Crippen LogP contribution in [0.1, 0.15) is 52.4 Å². The highest BCUT2D eigenvalue weighted by Gasteiger charge is 2.09. The van der Waals surface area contributed by atoms with E-state index in [9.17, 15) is 9.59 Å². The molecule has 0 aliphatic heterocycles. The summed E-state index contributed by atoms with van der Waals surface area (Å²) < 4.78 is 5.24. The van der Waals surface area contributed by atoms with Gasteiger partial charge in [-0.15, -0.1) is 0 Å². The van der Waals surface area contributed by atoms with Gasteiger partial charge in [-0.2, -0.15) is 0 Å². The first-order chi connectivity index (χ1) is 10.6. The SMILES string of the molecule is CCCCCCCC(=O)Nc1cc(NC(C)=O)ccc1OC. The lowest BCUT2D eigenvalue weighted by Gasteiger charge is -2.12. The van der Waals surface area contributed by atoms with Crippen molar-refractivity contribution < 1.29 is 14.3 Å². The number of hydrogen-bond donors (Lipinski definition) is 2. The lowest BCUT2D eigenvalue weighted by molar-refractivity contribution is -0.116. The molecule has 2 amide bonds. The summed E-state index contributed by atoms with van der Waals surface area (Å²) in [6, 6.07) is 5.16. The third-order valence-corrected chi connectivity index (χ3v) is 3.30. The third kappa shape index (κ3) is 6.61. The number of rotatable bonds is 9. The molecular weight excluding hydrogens is 280 g/mol. The fraction of sp³-hybridized carbons (Fsp3) is 0.529. The van der Waals surface area contributed by atoms with Crippen molar-refractivity contribution in [3.05, 3.63) is 18.2 Å². The summed E-state index contributed by atoms with van der Waals surface area (Å²) in [5.74, 6) is 0.390. The summed E-state index contributed by atoms with van der Waals surface area (Å²) >= 11 is 0. The van der Waals surface area contributed by atoms with Gasteiger partial charge in [0.2, 0.25) is 11.8 Å². The van der Waals surface area contributed by atoms with Crippen LogP contribution in [-0.4, -0.2) is 18.9 Å². The van der Waals surface area contributed by atoms with Gasteiger partial charge in [0.1, 0.15) is 5.75 Å². The van der Waals surface area contributed by atoms with Crippen LogP contribution in [0.2, 0.25) is 0 Å². The largest absolute Gasteiger partial charge is 0.495 e. The second kappa shape index (κ2) is 9.82. The number of anilines is 2. The zero-order valence-corrected chi connectivity index (χ0v) is 13.7. The number of ether oxygens (including phenoxy) is 1. The van der Waals surface area contributed by atoms with E-state index in [4.69, 9.17) is 4.74 Å². The van der Waals surface area contributed by atoms with Gasteiger partial charge in [0, 0.05) is 19.0 Å². The van der Waals surface area contributed by atoms with Crippen molar-refractivity contribution in [1.29, 1.82) is 0 Å². The molecule has 0 spiro atoms. The molecule has 2 N–H and O–H groups in total. The molecule has 1 aromatic carbocycles. The molecule has 0 heterocycles. The number of benzene rings is 1. The quantitative estimate of drug-likeness (QED) is 0.679. The minimum atomic E-state index is -0.154. The van der Waals surface area contributed by atoms with E-state index in [2.05, 4.69) is 17.6 Å². The second-order valence-electron chi connectivity index (χ2n) is 5.31. The first-order valence-electron chi connectivity index (χ1n) is 7.82. The van der Waals surface area contributed by atoms with Crippen LogP contribution < -0.4 is 15.4 Å². The number of hydrogen-bond acceptors (Lipinski definition) is 3. The fourth-order valence-electron chi connectivity index (χ4n) is 2.19. The first kappa shape index (κ1) is 18.0. The highest BCUT2D eigenvalue weighted by Crippen LogP contribution is 2.28. The van der Waals surface area contributed by atoms with Crippen molar-refractivity contribution in [2.45, 2.75) is 52.4 Å². The molecule has 0 bridgehead atoms. The van der Waals surface area contributed by atoms with Crippen LogP contribution in [-0.2, 0) is 9.59 Å². The van der Waals surface area contributed by atoms with Gasteiger partial charge < -0.3 is 15.4 Å². The van der Waals surface area contributed by atoms with Crippen molar-refractivity contribution in [1.82, 2.24) is 0 Å². The predicted molar refractivity (Wildman–Crippen MR) is 89.3 cm³/mol. The maximum Gasteiger partial charge on any atom is 0.224 e. The van der Waals surface area contributed by atoms with Crippen LogP contribution in [0.15, 0.2) is 18.2 Å². The Labute approximate surface area is 132 Å². The molecule has 0 radical (unpaired) electrons. The molecule has 0 saturated carbocycles. The number of carbonyl (C=O) groups excluding carboxylic acids is 2. The topological polar surface area (TPSA) is 67.4 Å². The Morgan fingerprint density at radius 2 is 1.82 bits per heavy atom. The lowest BCUT2D eigenvalue weighted by atomic mass is 10.1. The minimum absolute atomic E-state index is 0.0326. The second-order valence-corrected chi connectivity index (χ2v) is 5.31. The molecule has 5 nitrogen and oxygen atoms in total. The highest BCUT2D eigenvalue weighted by atomic mass is 16.5. The summed E-state index contributed by atoms with van der Waals surface area (Å²) in [7, 11) is 1.55. The van der Waals surface area contributed by atoms with Crippen LogP contribution in [0.4, 0.5) is 11.4 Å². The predicted octanol–water partition coefficient (Wildman–Crippen LogP) is 3.95. The monoisotopic (exact) mass is 306 g/mol. The first-order valence-corrected chi connectivity index (χ1v) is 7.82. The molecule has 0 unspecified atom stereocenters. The molecule has 1 aromatic rings. The van der Waals surface area contributed by atoms with E-state index >= 15 is 0 Å². The van der Waals surface area contributed by atoms with E-state index < -0.39 is 0 Å². The molecular formula is C17H26N2O3. The average Bonchev–Trinajstić information content (AvgIpc) is 2.46. The van der Waals surface area contributed by atoms with Crippen LogP contribution in [0, 0.1) is 0 Å². The van der Waals surface area contributed by atoms with Gasteiger partial charge in [0.05, 0.1) is 12.8 Å². The zero-order chi connectivity index (χ0) is 16.4. The van der Waals surface area contributed by atoms with E-state index in [1.165, 1.54) is 26.2 Å². The van der Waals surface area contributed by atoms with Crippen molar-refractivity contribution in [2.75, 3.05) is 17.7 Å². The molecule has 0 saturated heterocycles. The molecule has 0 aliphatic rings. The Bertz CT molecular complexity index is 501. The van der Waals surface area contributed by atoms with Crippen LogP contribution >= 0.6 is 0 Å². The van der Waals surface area contributed by atoms with E-state index in [0.717, 1.165) is 12.8 Å². The van der Waals surface area contributed by atoms with E-state index in [-0.39, 0.29) is 11.8 Å². The van der Waals surface area contributed by atoms with Crippen molar-refractivity contribution >= 4 is 23.2 Å². The third-order valence-electron chi connectivity index (χ3n) is 3.30. The average molecular weight is 306 g/mol. The number of methoxy groups -OCH3 is 1. The number of carbonyl (C=O) groups is 2. The Kier molecular flexibility index (Phi) is 8.04. The molecule has 5 heteroatoms. The van der Waals surface area contributed by atoms with Gasteiger partial charge in [-0.25, -0.2) is 0 Å². The smallest absolute Gasteiger partial charge is 0.224 e. The minimum Gasteiger partial charge on any atom is -0.495 e. The molecule has 22 heavy (non-hydrogen) atoms.